The molecule has 2 heterocycles. The number of nitro benzene ring substituents is 1. The quantitative estimate of drug-likeness (QED) is 0.215. The number of rotatable bonds is 7. The summed E-state index contributed by atoms with van der Waals surface area (Å²) in [5.74, 6) is 1.02. The van der Waals surface area contributed by atoms with E-state index in [0.717, 1.165) is 5.56 Å². The van der Waals surface area contributed by atoms with E-state index in [2.05, 4.69) is 15.3 Å². The number of nitrogens with zero attached hydrogens (tertiary/aromatic N) is 5. The van der Waals surface area contributed by atoms with Gasteiger partial charge in [0.2, 0.25) is 5.16 Å². The second-order valence-corrected chi connectivity index (χ2v) is 8.21. The number of fused-ring (bicyclic) bond motifs is 1. The molecule has 0 N–H and O–H groups in total. The fraction of sp³-hybridized carbons (Fsp3) is 0.217. The predicted molar refractivity (Wildman–Crippen MR) is 128 cm³/mol. The summed E-state index contributed by atoms with van der Waals surface area (Å²) in [6.07, 6.45) is 1.56. The van der Waals surface area contributed by atoms with Crippen molar-refractivity contribution in [1.29, 1.82) is 0 Å². The van der Waals surface area contributed by atoms with Crippen molar-refractivity contribution >= 4 is 35.2 Å². The van der Waals surface area contributed by atoms with Gasteiger partial charge in [-0.25, -0.2) is 4.79 Å². The van der Waals surface area contributed by atoms with Crippen molar-refractivity contribution in [2.45, 2.75) is 19.0 Å². The van der Waals surface area contributed by atoms with Crippen LogP contribution in [0, 0.1) is 17.0 Å². The van der Waals surface area contributed by atoms with Gasteiger partial charge in [-0.1, -0.05) is 23.9 Å². The average Bonchev–Trinajstić information content (AvgIpc) is 3.26. The van der Waals surface area contributed by atoms with Crippen molar-refractivity contribution < 1.29 is 19.2 Å². The van der Waals surface area contributed by atoms with Gasteiger partial charge in [0.25, 0.3) is 5.69 Å². The zero-order valence-electron chi connectivity index (χ0n) is 18.7. The molecule has 0 radical (unpaired) electrons. The van der Waals surface area contributed by atoms with Crippen molar-refractivity contribution in [3.8, 4) is 17.1 Å². The number of carbonyl (C=O) groups is 1. The van der Waals surface area contributed by atoms with E-state index in [0.29, 0.717) is 39.3 Å². The number of ether oxygens (including phenoxy) is 2. The molecular formula is C23H21N5O5S. The van der Waals surface area contributed by atoms with E-state index >= 15 is 0 Å². The summed E-state index contributed by atoms with van der Waals surface area (Å²) in [5.41, 5.74) is 2.45. The smallest absolute Gasteiger partial charge is 0.340 e. The SMILES string of the molecule is CCOC(=O)/C(=C\c1ccc(C)c([N+](=O)[O-])c1)C1=Nn2c(nnc2-c2ccc(OC)cc2)SC1. The van der Waals surface area contributed by atoms with E-state index in [1.807, 2.05) is 24.3 Å². The van der Waals surface area contributed by atoms with Gasteiger partial charge >= 0.3 is 5.97 Å². The number of thioether (sulfide) groups is 1. The number of methoxy groups -OCH3 is 1. The number of nitro groups is 1. The molecule has 0 aliphatic carbocycles. The zero-order chi connectivity index (χ0) is 24.2. The third-order valence-electron chi connectivity index (χ3n) is 5.07. The second-order valence-electron chi connectivity index (χ2n) is 7.26. The maximum absolute atomic E-state index is 12.8. The largest absolute Gasteiger partial charge is 0.497 e. The van der Waals surface area contributed by atoms with Gasteiger partial charge in [0.15, 0.2) is 5.82 Å². The molecule has 10 nitrogen and oxygen atoms in total. The molecular weight excluding hydrogens is 458 g/mol. The van der Waals surface area contributed by atoms with Gasteiger partial charge in [-0.05, 0) is 49.8 Å². The summed E-state index contributed by atoms with van der Waals surface area (Å²) < 4.78 is 12.0. The van der Waals surface area contributed by atoms with E-state index in [9.17, 15) is 14.9 Å². The van der Waals surface area contributed by atoms with Crippen molar-refractivity contribution in [3.63, 3.8) is 0 Å². The van der Waals surface area contributed by atoms with E-state index in [1.165, 1.54) is 17.8 Å². The van der Waals surface area contributed by atoms with Gasteiger partial charge in [0.1, 0.15) is 5.75 Å². The van der Waals surface area contributed by atoms with E-state index < -0.39 is 10.9 Å². The number of benzene rings is 2. The Morgan fingerprint density at radius 1 is 1.24 bits per heavy atom. The Morgan fingerprint density at radius 3 is 2.68 bits per heavy atom. The van der Waals surface area contributed by atoms with Crippen LogP contribution >= 0.6 is 11.8 Å². The number of aromatic nitrogens is 3. The molecule has 0 amide bonds. The first-order valence-electron chi connectivity index (χ1n) is 10.4. The Hall–Kier alpha value is -3.99. The summed E-state index contributed by atoms with van der Waals surface area (Å²) in [7, 11) is 1.59. The van der Waals surface area contributed by atoms with Crippen molar-refractivity contribution in [2.24, 2.45) is 5.10 Å². The highest BCUT2D eigenvalue weighted by atomic mass is 32.2. The van der Waals surface area contributed by atoms with Crippen LogP contribution in [0.5, 0.6) is 5.75 Å². The van der Waals surface area contributed by atoms with Crippen molar-refractivity contribution in [1.82, 2.24) is 14.9 Å². The van der Waals surface area contributed by atoms with Gasteiger partial charge in [-0.3, -0.25) is 10.1 Å². The molecule has 2 aromatic carbocycles. The van der Waals surface area contributed by atoms with Crippen LogP contribution in [0.15, 0.2) is 58.3 Å². The maximum atomic E-state index is 12.8. The summed E-state index contributed by atoms with van der Waals surface area (Å²) in [5, 5.41) is 25.1. The Morgan fingerprint density at radius 2 is 2.00 bits per heavy atom. The molecule has 4 rings (SSSR count). The molecule has 34 heavy (non-hydrogen) atoms. The summed E-state index contributed by atoms with van der Waals surface area (Å²) >= 11 is 1.38. The molecule has 0 bridgehead atoms. The highest BCUT2D eigenvalue weighted by Crippen LogP contribution is 2.30. The number of esters is 1. The van der Waals surface area contributed by atoms with Crippen LogP contribution in [0.4, 0.5) is 5.69 Å². The maximum Gasteiger partial charge on any atom is 0.340 e. The number of hydrogen-bond acceptors (Lipinski definition) is 9. The van der Waals surface area contributed by atoms with Crippen LogP contribution in [0.1, 0.15) is 18.1 Å². The molecule has 0 saturated carbocycles. The van der Waals surface area contributed by atoms with E-state index in [4.69, 9.17) is 9.47 Å². The number of hydrogen-bond donors (Lipinski definition) is 0. The highest BCUT2D eigenvalue weighted by Gasteiger charge is 2.26. The number of aryl methyl sites for hydroxylation is 1. The lowest BCUT2D eigenvalue weighted by Gasteiger charge is -2.16. The molecule has 0 spiro atoms. The minimum Gasteiger partial charge on any atom is -0.497 e. The molecule has 0 atom stereocenters. The normalized spacial score (nSPS) is 13.1. The van der Waals surface area contributed by atoms with Crippen molar-refractivity contribution in [2.75, 3.05) is 19.5 Å². The lowest BCUT2D eigenvalue weighted by molar-refractivity contribution is -0.385. The molecule has 1 aliphatic heterocycles. The molecule has 174 valence electrons. The Bertz CT molecular complexity index is 1310. The van der Waals surface area contributed by atoms with Crippen LogP contribution in [0.2, 0.25) is 0 Å². The first-order valence-corrected chi connectivity index (χ1v) is 11.3. The standard InChI is InChI=1S/C23H21N5O5S/c1-4-33-22(29)18(11-15-6-5-14(2)20(12-15)28(30)31)19-13-34-23-25-24-21(27(23)26-19)16-7-9-17(32-3)10-8-16/h5-12H,4,13H2,1-3H3/b18-11-. The fourth-order valence-electron chi connectivity index (χ4n) is 3.33. The first kappa shape index (κ1) is 23.2. The molecule has 0 fully saturated rings. The highest BCUT2D eigenvalue weighted by molar-refractivity contribution is 7.99. The molecule has 0 unspecified atom stereocenters. The molecule has 11 heteroatoms. The Balaban J connectivity index is 1.78. The van der Waals surface area contributed by atoms with Crippen molar-refractivity contribution in [3.05, 3.63) is 69.3 Å². The zero-order valence-corrected chi connectivity index (χ0v) is 19.5. The lowest BCUT2D eigenvalue weighted by Crippen LogP contribution is -2.21. The summed E-state index contributed by atoms with van der Waals surface area (Å²) in [6.45, 7) is 3.55. The second kappa shape index (κ2) is 9.87. The third kappa shape index (κ3) is 4.69. The lowest BCUT2D eigenvalue weighted by atomic mass is 10.0. The van der Waals surface area contributed by atoms with Gasteiger partial charge in [0.05, 0.1) is 29.9 Å². The van der Waals surface area contributed by atoms with Crippen LogP contribution in [-0.4, -0.2) is 50.9 Å². The van der Waals surface area contributed by atoms with Gasteiger partial charge in [-0.15, -0.1) is 10.2 Å². The number of carbonyl (C=O) groups excluding carboxylic acids is 1. The Labute approximate surface area is 199 Å². The molecule has 1 aliphatic rings. The molecule has 3 aromatic rings. The minimum absolute atomic E-state index is 0.0280. The monoisotopic (exact) mass is 479 g/mol. The first-order chi connectivity index (χ1) is 16.4. The van der Waals surface area contributed by atoms with E-state index in [-0.39, 0.29) is 17.9 Å². The molecule has 1 aromatic heterocycles. The van der Waals surface area contributed by atoms with Crippen LogP contribution in [0.25, 0.3) is 17.5 Å². The average molecular weight is 480 g/mol. The summed E-state index contributed by atoms with van der Waals surface area (Å²) in [4.78, 5) is 23.7. The fourth-order valence-corrected chi connectivity index (χ4v) is 4.16. The van der Waals surface area contributed by atoms with Crippen LogP contribution in [-0.2, 0) is 9.53 Å². The topological polar surface area (TPSA) is 122 Å². The van der Waals surface area contributed by atoms with Crippen LogP contribution < -0.4 is 4.74 Å². The summed E-state index contributed by atoms with van der Waals surface area (Å²) in [6, 6.07) is 12.1. The molecule has 0 saturated heterocycles. The van der Waals surface area contributed by atoms with Gasteiger partial charge < -0.3 is 9.47 Å². The van der Waals surface area contributed by atoms with Gasteiger partial charge in [0, 0.05) is 22.9 Å². The van der Waals surface area contributed by atoms with Gasteiger partial charge in [-0.2, -0.15) is 9.78 Å². The van der Waals surface area contributed by atoms with E-state index in [1.54, 1.807) is 43.8 Å². The van der Waals surface area contributed by atoms with Crippen LogP contribution in [0.3, 0.4) is 0 Å². The predicted octanol–water partition coefficient (Wildman–Crippen LogP) is 4.13. The Kier molecular flexibility index (Phi) is 6.73. The minimum atomic E-state index is -0.562. The third-order valence-corrected chi connectivity index (χ3v) is 6.00.